The summed E-state index contributed by atoms with van der Waals surface area (Å²) < 4.78 is 0. The van der Waals surface area contributed by atoms with Crippen LogP contribution in [-0.2, 0) is 0 Å². The molecule has 0 radical (unpaired) electrons. The van der Waals surface area contributed by atoms with E-state index in [-0.39, 0.29) is 0 Å². The van der Waals surface area contributed by atoms with Gasteiger partial charge in [0.05, 0.1) is 5.76 Å². The molecule has 0 amide bonds. The van der Waals surface area contributed by atoms with Crippen LogP contribution in [0.5, 0.6) is 0 Å². The Morgan fingerprint density at radius 3 is 1.84 bits per heavy atom. The minimum absolute atomic E-state index is 0.423. The van der Waals surface area contributed by atoms with Gasteiger partial charge in [-0.25, -0.2) is 0 Å². The van der Waals surface area contributed by atoms with Gasteiger partial charge in [-0.3, -0.25) is 0 Å². The molecule has 19 heavy (non-hydrogen) atoms. The molecular weight excluding hydrogens is 242 g/mol. The molecule has 6 nitrogen and oxygen atoms in total. The number of nitrogens with zero attached hydrogens (tertiary/aromatic N) is 5. The fourth-order valence-electron chi connectivity index (χ4n) is 2.02. The van der Waals surface area contributed by atoms with Gasteiger partial charge < -0.3 is 14.9 Å². The number of aliphatic hydroxyl groups excluding tert-OH is 1. The van der Waals surface area contributed by atoms with E-state index < -0.39 is 0 Å². The maximum atomic E-state index is 10.0. The van der Waals surface area contributed by atoms with Crippen molar-refractivity contribution in [2.45, 2.75) is 25.7 Å². The molecule has 0 aromatic carbocycles. The van der Waals surface area contributed by atoms with Crippen LogP contribution in [0.3, 0.4) is 0 Å². The molecule has 6 heteroatoms. The Morgan fingerprint density at radius 2 is 1.37 bits per heavy atom. The molecule has 1 N–H and O–H groups in total. The Labute approximate surface area is 113 Å². The van der Waals surface area contributed by atoms with Gasteiger partial charge in [0.25, 0.3) is 0 Å². The molecule has 0 fully saturated rings. The molecule has 0 aliphatic heterocycles. The van der Waals surface area contributed by atoms with Crippen molar-refractivity contribution in [2.75, 3.05) is 38.0 Å². The highest BCUT2D eigenvalue weighted by atomic mass is 16.3. The molecule has 0 spiro atoms. The first-order chi connectivity index (χ1) is 8.99. The van der Waals surface area contributed by atoms with Crippen LogP contribution >= 0.6 is 0 Å². The Morgan fingerprint density at radius 1 is 0.842 bits per heavy atom. The molecule has 1 heterocycles. The third-order valence-corrected chi connectivity index (χ3v) is 3.12. The van der Waals surface area contributed by atoms with Crippen LogP contribution in [0, 0.1) is 0 Å². The largest absolute Gasteiger partial charge is 0.512 e. The average molecular weight is 263 g/mol. The summed E-state index contributed by atoms with van der Waals surface area (Å²) in [5.41, 5.74) is 0.861. The summed E-state index contributed by atoms with van der Waals surface area (Å²) in [6.45, 7) is 0. The van der Waals surface area contributed by atoms with Crippen molar-refractivity contribution < 1.29 is 5.11 Å². The van der Waals surface area contributed by atoms with E-state index in [1.807, 2.05) is 38.0 Å². The summed E-state index contributed by atoms with van der Waals surface area (Å²) in [5, 5.41) is 10.0. The van der Waals surface area contributed by atoms with Gasteiger partial charge in [-0.1, -0.05) is 0 Å². The lowest BCUT2D eigenvalue weighted by molar-refractivity contribution is 0.373. The highest BCUT2D eigenvalue weighted by Crippen LogP contribution is 2.30. The molecule has 0 saturated carbocycles. The predicted molar refractivity (Wildman–Crippen MR) is 76.5 cm³/mol. The van der Waals surface area contributed by atoms with Crippen molar-refractivity contribution >= 4 is 17.5 Å². The molecule has 104 valence electrons. The Bertz CT molecular complexity index is 470. The van der Waals surface area contributed by atoms with Crippen LogP contribution in [0.2, 0.25) is 0 Å². The number of aliphatic hydroxyl groups is 1. The summed E-state index contributed by atoms with van der Waals surface area (Å²) in [5.74, 6) is 2.24. The first-order valence-electron chi connectivity index (χ1n) is 6.51. The normalized spacial score (nSPS) is 15.6. The van der Waals surface area contributed by atoms with Gasteiger partial charge >= 0.3 is 0 Å². The molecule has 1 aromatic heterocycles. The third kappa shape index (κ3) is 2.94. The number of rotatable bonds is 3. The molecule has 0 atom stereocenters. The van der Waals surface area contributed by atoms with Crippen molar-refractivity contribution in [2.24, 2.45) is 0 Å². The number of hydrogen-bond acceptors (Lipinski definition) is 6. The highest BCUT2D eigenvalue weighted by molar-refractivity contribution is 5.64. The average Bonchev–Trinajstić information content (AvgIpc) is 2.38. The third-order valence-electron chi connectivity index (χ3n) is 3.12. The minimum atomic E-state index is 0.423. The number of aromatic nitrogens is 3. The molecule has 2 rings (SSSR count). The molecule has 1 aromatic rings. The molecule has 1 aliphatic carbocycles. The number of anilines is 2. The van der Waals surface area contributed by atoms with Crippen LogP contribution < -0.4 is 9.80 Å². The maximum Gasteiger partial charge on any atom is 0.230 e. The lowest BCUT2D eigenvalue weighted by atomic mass is 9.97. The van der Waals surface area contributed by atoms with Crippen molar-refractivity contribution in [1.29, 1.82) is 0 Å². The van der Waals surface area contributed by atoms with E-state index in [1.165, 1.54) is 0 Å². The van der Waals surface area contributed by atoms with E-state index in [4.69, 9.17) is 0 Å². The van der Waals surface area contributed by atoms with Crippen LogP contribution in [0.1, 0.15) is 31.5 Å². The zero-order valence-electron chi connectivity index (χ0n) is 12.0. The quantitative estimate of drug-likeness (QED) is 0.897. The monoisotopic (exact) mass is 263 g/mol. The van der Waals surface area contributed by atoms with Crippen LogP contribution in [0.4, 0.5) is 11.9 Å². The summed E-state index contributed by atoms with van der Waals surface area (Å²) in [7, 11) is 7.59. The topological polar surface area (TPSA) is 65.4 Å². The number of hydrogen-bond donors (Lipinski definition) is 1. The van der Waals surface area contributed by atoms with Crippen LogP contribution in [-0.4, -0.2) is 48.2 Å². The van der Waals surface area contributed by atoms with E-state index in [0.29, 0.717) is 23.5 Å². The van der Waals surface area contributed by atoms with E-state index in [9.17, 15) is 5.11 Å². The molecule has 0 unspecified atom stereocenters. The van der Waals surface area contributed by atoms with Crippen molar-refractivity contribution in [1.82, 2.24) is 15.0 Å². The van der Waals surface area contributed by atoms with Gasteiger partial charge in [0, 0.05) is 40.2 Å². The second-order valence-corrected chi connectivity index (χ2v) is 5.18. The van der Waals surface area contributed by atoms with Crippen molar-refractivity contribution in [3.05, 3.63) is 11.6 Å². The highest BCUT2D eigenvalue weighted by Gasteiger charge is 2.19. The fourth-order valence-corrected chi connectivity index (χ4v) is 2.02. The lowest BCUT2D eigenvalue weighted by Crippen LogP contribution is -2.20. The SMILES string of the molecule is CN(C)c1nc(C2=C(O)CCCC2)nc(N(C)C)n1. The Kier molecular flexibility index (Phi) is 3.87. The zero-order valence-corrected chi connectivity index (χ0v) is 12.0. The van der Waals surface area contributed by atoms with Crippen LogP contribution in [0.25, 0.3) is 5.57 Å². The van der Waals surface area contributed by atoms with Gasteiger partial charge in [-0.2, -0.15) is 15.0 Å². The smallest absolute Gasteiger partial charge is 0.230 e. The lowest BCUT2D eigenvalue weighted by Gasteiger charge is -2.19. The standard InChI is InChI=1S/C13H21N5O/c1-17(2)12-14-11(15-13(16-12)18(3)4)9-7-5-6-8-10(9)19/h19H,5-8H2,1-4H3. The summed E-state index contributed by atoms with van der Waals surface area (Å²) >= 11 is 0. The maximum absolute atomic E-state index is 10.0. The molecular formula is C13H21N5O. The second-order valence-electron chi connectivity index (χ2n) is 5.18. The Hall–Kier alpha value is -1.85. The zero-order chi connectivity index (χ0) is 14.0. The first kappa shape index (κ1) is 13.6. The molecule has 1 aliphatic rings. The Balaban J connectivity index is 2.50. The van der Waals surface area contributed by atoms with E-state index in [1.54, 1.807) is 0 Å². The molecule has 0 saturated heterocycles. The number of allylic oxidation sites excluding steroid dienone is 2. The second kappa shape index (κ2) is 5.42. The van der Waals surface area contributed by atoms with Crippen LogP contribution in [0.15, 0.2) is 5.76 Å². The van der Waals surface area contributed by atoms with Gasteiger partial charge in [0.1, 0.15) is 0 Å². The van der Waals surface area contributed by atoms with Gasteiger partial charge in [-0.15, -0.1) is 0 Å². The van der Waals surface area contributed by atoms with Gasteiger partial charge in [0.2, 0.25) is 11.9 Å². The van der Waals surface area contributed by atoms with Gasteiger partial charge in [-0.05, 0) is 19.3 Å². The predicted octanol–water partition coefficient (Wildman–Crippen LogP) is 1.85. The fraction of sp³-hybridized carbons (Fsp3) is 0.615. The van der Waals surface area contributed by atoms with Crippen molar-refractivity contribution in [3.8, 4) is 0 Å². The van der Waals surface area contributed by atoms with E-state index in [2.05, 4.69) is 15.0 Å². The summed E-state index contributed by atoms with van der Waals surface area (Å²) in [6.07, 6.45) is 3.65. The van der Waals surface area contributed by atoms with Crippen molar-refractivity contribution in [3.63, 3.8) is 0 Å². The van der Waals surface area contributed by atoms with E-state index in [0.717, 1.165) is 31.3 Å². The first-order valence-corrected chi connectivity index (χ1v) is 6.51. The summed E-state index contributed by atoms with van der Waals surface area (Å²) in [6, 6.07) is 0. The summed E-state index contributed by atoms with van der Waals surface area (Å²) in [4.78, 5) is 17.0. The molecule has 0 bridgehead atoms. The van der Waals surface area contributed by atoms with E-state index >= 15 is 0 Å². The van der Waals surface area contributed by atoms with Gasteiger partial charge in [0.15, 0.2) is 5.82 Å². The minimum Gasteiger partial charge on any atom is -0.512 e.